The van der Waals surface area contributed by atoms with Crippen molar-refractivity contribution < 1.29 is 19.7 Å². The number of hydrogen-bond acceptors (Lipinski definition) is 5. The number of carbonyl (C=O) groups excluding carboxylic acids is 1. The van der Waals surface area contributed by atoms with Gasteiger partial charge in [0.15, 0.2) is 17.2 Å². The van der Waals surface area contributed by atoms with E-state index in [0.717, 1.165) is 0 Å². The maximum atomic E-state index is 13.0. The van der Waals surface area contributed by atoms with Gasteiger partial charge in [0.05, 0.1) is 18.4 Å². The first-order chi connectivity index (χ1) is 13.1. The highest BCUT2D eigenvalue weighted by atomic mass is 16.5. The normalized spacial score (nSPS) is 13.5. The largest absolute Gasteiger partial charge is 0.490 e. The number of Topliss-reactive ketones (excluding diaryl/α,β-unsaturated/α-hetero) is 1. The molecule has 2 atom stereocenters. The average Bonchev–Trinajstić information content (AvgIpc) is 3.03. The highest BCUT2D eigenvalue weighted by molar-refractivity contribution is 5.97. The van der Waals surface area contributed by atoms with Gasteiger partial charge in [-0.1, -0.05) is 30.3 Å². The zero-order chi connectivity index (χ0) is 19.4. The first kappa shape index (κ1) is 19.1. The summed E-state index contributed by atoms with van der Waals surface area (Å²) in [6, 6.07) is 12.7. The lowest BCUT2D eigenvalue weighted by Gasteiger charge is -2.20. The van der Waals surface area contributed by atoms with Gasteiger partial charge in [-0.15, -0.1) is 0 Å². The molecule has 142 valence electrons. The highest BCUT2D eigenvalue weighted by Crippen LogP contribution is 2.28. The number of benzene rings is 1. The monoisotopic (exact) mass is 368 g/mol. The summed E-state index contributed by atoms with van der Waals surface area (Å²) in [7, 11) is 0. The minimum Gasteiger partial charge on any atom is -0.490 e. The van der Waals surface area contributed by atoms with Crippen LogP contribution in [0.5, 0.6) is 5.75 Å². The lowest BCUT2D eigenvalue weighted by molar-refractivity contribution is 0.0549. The molecule has 1 aromatic carbocycles. The summed E-state index contributed by atoms with van der Waals surface area (Å²) in [5.41, 5.74) is 2.31. The maximum absolute atomic E-state index is 13.0. The number of aryl methyl sites for hydroxylation is 1. The fourth-order valence-electron chi connectivity index (χ4n) is 3.29. The van der Waals surface area contributed by atoms with Gasteiger partial charge in [-0.3, -0.25) is 9.20 Å². The van der Waals surface area contributed by atoms with Crippen LogP contribution < -0.4 is 4.74 Å². The van der Waals surface area contributed by atoms with Gasteiger partial charge in [-0.2, -0.15) is 0 Å². The number of hydrogen-bond donors (Lipinski definition) is 2. The molecule has 6 nitrogen and oxygen atoms in total. The summed E-state index contributed by atoms with van der Waals surface area (Å²) in [6.07, 6.45) is 0.867. The Labute approximate surface area is 158 Å². The quantitative estimate of drug-likeness (QED) is 0.597. The molecule has 0 saturated heterocycles. The van der Waals surface area contributed by atoms with Crippen molar-refractivity contribution in [2.45, 2.75) is 26.4 Å². The van der Waals surface area contributed by atoms with Gasteiger partial charge in [0.25, 0.3) is 0 Å². The number of aromatic nitrogens is 2. The molecule has 2 N–H and O–H groups in total. The van der Waals surface area contributed by atoms with Crippen LogP contribution in [0, 0.1) is 12.8 Å². The summed E-state index contributed by atoms with van der Waals surface area (Å²) in [5.74, 6) is -0.159. The topological polar surface area (TPSA) is 84.1 Å². The highest BCUT2D eigenvalue weighted by Gasteiger charge is 2.26. The maximum Gasteiger partial charge on any atom is 0.181 e. The number of nitrogens with zero attached hydrogens (tertiary/aromatic N) is 2. The minimum absolute atomic E-state index is 0.0139. The van der Waals surface area contributed by atoms with Crippen molar-refractivity contribution in [1.82, 2.24) is 9.38 Å². The molecule has 0 saturated carbocycles. The summed E-state index contributed by atoms with van der Waals surface area (Å²) in [4.78, 5) is 17.5. The molecule has 0 aliphatic carbocycles. The fraction of sp³-hybridized carbons (Fsp3) is 0.333. The van der Waals surface area contributed by atoms with Gasteiger partial charge in [0, 0.05) is 25.1 Å². The zero-order valence-corrected chi connectivity index (χ0v) is 15.5. The van der Waals surface area contributed by atoms with Gasteiger partial charge in [0.2, 0.25) is 0 Å². The molecular formula is C21H24N2O4. The number of ketones is 1. The van der Waals surface area contributed by atoms with Crippen molar-refractivity contribution in [3.8, 4) is 5.75 Å². The van der Waals surface area contributed by atoms with E-state index in [9.17, 15) is 15.0 Å². The van der Waals surface area contributed by atoms with Gasteiger partial charge in [-0.25, -0.2) is 4.98 Å². The zero-order valence-electron chi connectivity index (χ0n) is 15.5. The predicted molar refractivity (Wildman–Crippen MR) is 102 cm³/mol. The molecule has 0 amide bonds. The van der Waals surface area contributed by atoms with E-state index >= 15 is 0 Å². The van der Waals surface area contributed by atoms with E-state index in [-0.39, 0.29) is 18.8 Å². The Morgan fingerprint density at radius 2 is 1.96 bits per heavy atom. The third-order valence-electron chi connectivity index (χ3n) is 4.62. The van der Waals surface area contributed by atoms with Crippen molar-refractivity contribution in [3.05, 3.63) is 65.6 Å². The number of ether oxygens (including phenoxy) is 1. The number of fused-ring (bicyclic) bond motifs is 1. The number of aliphatic hydroxyl groups excluding tert-OH is 2. The van der Waals surface area contributed by atoms with E-state index in [1.165, 1.54) is 0 Å². The minimum atomic E-state index is -0.918. The Morgan fingerprint density at radius 3 is 2.63 bits per heavy atom. The molecule has 0 spiro atoms. The van der Waals surface area contributed by atoms with Crippen LogP contribution in [0.1, 0.15) is 41.2 Å². The van der Waals surface area contributed by atoms with Gasteiger partial charge in [0.1, 0.15) is 5.69 Å². The lowest BCUT2D eigenvalue weighted by atomic mass is 9.91. The van der Waals surface area contributed by atoms with Crippen molar-refractivity contribution in [2.24, 2.45) is 5.92 Å². The third kappa shape index (κ3) is 3.86. The van der Waals surface area contributed by atoms with Crippen molar-refractivity contribution in [2.75, 3.05) is 13.2 Å². The SMILES string of the molecule is CCOc1cccn2c(C(=O)C[C@H](CO)[C@H](O)c3ccccc3)c(C)nc12. The van der Waals surface area contributed by atoms with Crippen LogP contribution in [0.25, 0.3) is 5.65 Å². The molecule has 0 bridgehead atoms. The molecule has 6 heteroatoms. The molecule has 3 aromatic rings. The molecule has 0 fully saturated rings. The molecule has 0 aliphatic heterocycles. The van der Waals surface area contributed by atoms with E-state index in [1.807, 2.05) is 31.2 Å². The molecule has 2 aromatic heterocycles. The van der Waals surface area contributed by atoms with Crippen LogP contribution in [0.15, 0.2) is 48.7 Å². The van der Waals surface area contributed by atoms with E-state index in [4.69, 9.17) is 4.74 Å². The number of pyridine rings is 1. The van der Waals surface area contributed by atoms with Crippen molar-refractivity contribution in [1.29, 1.82) is 0 Å². The van der Waals surface area contributed by atoms with Crippen molar-refractivity contribution >= 4 is 11.4 Å². The van der Waals surface area contributed by atoms with Crippen molar-refractivity contribution in [3.63, 3.8) is 0 Å². The second-order valence-electron chi connectivity index (χ2n) is 6.47. The smallest absolute Gasteiger partial charge is 0.181 e. The van der Waals surface area contributed by atoms with E-state index in [1.54, 1.807) is 35.7 Å². The van der Waals surface area contributed by atoms with E-state index in [0.29, 0.717) is 35.0 Å². The molecule has 0 unspecified atom stereocenters. The van der Waals surface area contributed by atoms with Gasteiger partial charge >= 0.3 is 0 Å². The average molecular weight is 368 g/mol. The van der Waals surface area contributed by atoms with Gasteiger partial charge in [-0.05, 0) is 31.5 Å². The Hall–Kier alpha value is -2.70. The second-order valence-corrected chi connectivity index (χ2v) is 6.47. The first-order valence-electron chi connectivity index (χ1n) is 9.04. The summed E-state index contributed by atoms with van der Waals surface area (Å²) >= 11 is 0. The standard InChI is InChI=1S/C21H24N2O4/c1-3-27-18-10-7-11-23-19(14(2)22-21(18)23)17(25)12-16(13-24)20(26)15-8-5-4-6-9-15/h4-11,16,20,24,26H,3,12-13H2,1-2H3/t16-,20-/m1/s1. The molecule has 3 rings (SSSR count). The third-order valence-corrected chi connectivity index (χ3v) is 4.62. The van der Waals surface area contributed by atoms with Crippen LogP contribution in [0.4, 0.5) is 0 Å². The second kappa shape index (κ2) is 8.33. The van der Waals surface area contributed by atoms with Crippen LogP contribution in [-0.4, -0.2) is 38.6 Å². The molecule has 27 heavy (non-hydrogen) atoms. The molecule has 0 radical (unpaired) electrons. The Bertz CT molecular complexity index is 921. The molecule has 0 aliphatic rings. The molecular weight excluding hydrogens is 344 g/mol. The Balaban J connectivity index is 1.89. The Kier molecular flexibility index (Phi) is 5.88. The van der Waals surface area contributed by atoms with Crippen LogP contribution in [-0.2, 0) is 0 Å². The fourth-order valence-corrected chi connectivity index (χ4v) is 3.29. The number of rotatable bonds is 8. The Morgan fingerprint density at radius 1 is 1.22 bits per heavy atom. The lowest BCUT2D eigenvalue weighted by Crippen LogP contribution is -2.21. The van der Waals surface area contributed by atoms with Crippen LogP contribution in [0.2, 0.25) is 0 Å². The van der Waals surface area contributed by atoms with E-state index in [2.05, 4.69) is 4.98 Å². The summed E-state index contributed by atoms with van der Waals surface area (Å²) in [6.45, 7) is 3.88. The number of carbonyl (C=O) groups is 1. The van der Waals surface area contributed by atoms with Crippen LogP contribution >= 0.6 is 0 Å². The van der Waals surface area contributed by atoms with E-state index < -0.39 is 12.0 Å². The predicted octanol–water partition coefficient (Wildman–Crippen LogP) is 2.96. The number of aliphatic hydroxyl groups is 2. The summed E-state index contributed by atoms with van der Waals surface area (Å²) in [5, 5.41) is 20.3. The first-order valence-corrected chi connectivity index (χ1v) is 9.04. The summed E-state index contributed by atoms with van der Waals surface area (Å²) < 4.78 is 7.31. The van der Waals surface area contributed by atoms with Crippen LogP contribution in [0.3, 0.4) is 0 Å². The number of imidazole rings is 1. The molecule has 2 heterocycles. The van der Waals surface area contributed by atoms with Gasteiger partial charge < -0.3 is 14.9 Å².